The van der Waals surface area contributed by atoms with Gasteiger partial charge in [0.15, 0.2) is 5.96 Å². The molecule has 0 aliphatic heterocycles. The van der Waals surface area contributed by atoms with Gasteiger partial charge >= 0.3 is 0 Å². The molecule has 0 amide bonds. The number of aliphatic imine (C=N–C) groups is 1. The highest BCUT2D eigenvalue weighted by molar-refractivity contribution is 14.0. The van der Waals surface area contributed by atoms with Gasteiger partial charge in [-0.05, 0) is 45.4 Å². The molecular weight excluding hydrogens is 403 g/mol. The Hall–Kier alpha value is -0.0800. The van der Waals surface area contributed by atoms with Crippen LogP contribution in [0.25, 0.3) is 0 Å². The summed E-state index contributed by atoms with van der Waals surface area (Å²) in [6, 6.07) is 1.45. The van der Waals surface area contributed by atoms with E-state index < -0.39 is 0 Å². The molecule has 2 saturated carbocycles. The summed E-state index contributed by atoms with van der Waals surface area (Å²) >= 11 is 0. The molecule has 5 nitrogen and oxygen atoms in total. The number of halogens is 1. The van der Waals surface area contributed by atoms with E-state index in [0.29, 0.717) is 6.04 Å². The molecule has 6 heteroatoms. The molecule has 1 N–H and O–H groups in total. The zero-order chi connectivity index (χ0) is 15.9. The summed E-state index contributed by atoms with van der Waals surface area (Å²) in [6.07, 6.45) is 5.44. The Labute approximate surface area is 159 Å². The number of nitrogens with zero attached hydrogens (tertiary/aromatic N) is 3. The average Bonchev–Trinajstić information content (AvgIpc) is 3.36. The van der Waals surface area contributed by atoms with Gasteiger partial charge in [0.25, 0.3) is 0 Å². The van der Waals surface area contributed by atoms with Crippen LogP contribution in [0, 0.1) is 5.92 Å². The van der Waals surface area contributed by atoms with Gasteiger partial charge < -0.3 is 15.0 Å². The van der Waals surface area contributed by atoms with Crippen molar-refractivity contribution >= 4 is 29.9 Å². The highest BCUT2D eigenvalue weighted by atomic mass is 127. The number of rotatable bonds is 10. The van der Waals surface area contributed by atoms with Crippen LogP contribution in [0.3, 0.4) is 0 Å². The lowest BCUT2D eigenvalue weighted by Gasteiger charge is -2.28. The molecule has 136 valence electrons. The van der Waals surface area contributed by atoms with Crippen molar-refractivity contribution in [1.29, 1.82) is 0 Å². The molecule has 0 heterocycles. The summed E-state index contributed by atoms with van der Waals surface area (Å²) in [6.45, 7) is 9.23. The molecular formula is C17H35IN4O. The van der Waals surface area contributed by atoms with Crippen molar-refractivity contribution in [2.24, 2.45) is 10.9 Å². The minimum Gasteiger partial charge on any atom is -0.379 e. The molecule has 0 radical (unpaired) electrons. The van der Waals surface area contributed by atoms with E-state index in [2.05, 4.69) is 41.0 Å². The average molecular weight is 438 g/mol. The zero-order valence-corrected chi connectivity index (χ0v) is 17.6. The third-order valence-electron chi connectivity index (χ3n) is 4.53. The highest BCUT2D eigenvalue weighted by Gasteiger charge is 2.30. The quantitative estimate of drug-likeness (QED) is 0.246. The summed E-state index contributed by atoms with van der Waals surface area (Å²) in [7, 11) is 3.93. The minimum absolute atomic E-state index is 0. The minimum atomic E-state index is 0. The fourth-order valence-corrected chi connectivity index (χ4v) is 2.79. The van der Waals surface area contributed by atoms with Gasteiger partial charge in [0, 0.05) is 52.4 Å². The van der Waals surface area contributed by atoms with E-state index in [1.807, 2.05) is 7.05 Å². The number of hydrogen-bond donors (Lipinski definition) is 1. The van der Waals surface area contributed by atoms with Gasteiger partial charge in [0.05, 0.1) is 6.61 Å². The van der Waals surface area contributed by atoms with Crippen molar-refractivity contribution in [3.05, 3.63) is 0 Å². The Morgan fingerprint density at radius 3 is 2.43 bits per heavy atom. The van der Waals surface area contributed by atoms with E-state index in [0.717, 1.165) is 50.8 Å². The Morgan fingerprint density at radius 1 is 1.22 bits per heavy atom. The van der Waals surface area contributed by atoms with Crippen LogP contribution in [-0.2, 0) is 4.74 Å². The van der Waals surface area contributed by atoms with Crippen molar-refractivity contribution in [2.75, 3.05) is 46.9 Å². The van der Waals surface area contributed by atoms with Crippen LogP contribution in [0.1, 0.15) is 39.5 Å². The highest BCUT2D eigenvalue weighted by Crippen LogP contribution is 2.28. The lowest BCUT2D eigenvalue weighted by molar-refractivity contribution is 0.115. The number of nitrogens with one attached hydrogen (secondary N) is 1. The van der Waals surface area contributed by atoms with E-state index in [4.69, 9.17) is 4.74 Å². The second-order valence-electron chi connectivity index (χ2n) is 6.98. The summed E-state index contributed by atoms with van der Waals surface area (Å²) in [5, 5.41) is 3.48. The Morgan fingerprint density at radius 2 is 1.91 bits per heavy atom. The van der Waals surface area contributed by atoms with Crippen molar-refractivity contribution in [3.8, 4) is 0 Å². The Balaban J connectivity index is 0.00000264. The predicted molar refractivity (Wildman–Crippen MR) is 108 cm³/mol. The summed E-state index contributed by atoms with van der Waals surface area (Å²) in [5.74, 6) is 1.81. The molecule has 2 aliphatic rings. The van der Waals surface area contributed by atoms with Crippen molar-refractivity contribution < 1.29 is 4.74 Å². The smallest absolute Gasteiger partial charge is 0.193 e. The van der Waals surface area contributed by atoms with Crippen LogP contribution in [-0.4, -0.2) is 74.8 Å². The largest absolute Gasteiger partial charge is 0.379 e. The molecule has 0 atom stereocenters. The first-order valence-corrected chi connectivity index (χ1v) is 8.87. The van der Waals surface area contributed by atoms with Crippen LogP contribution in [0.4, 0.5) is 0 Å². The molecule has 2 fully saturated rings. The van der Waals surface area contributed by atoms with E-state index in [1.54, 1.807) is 0 Å². The third kappa shape index (κ3) is 8.03. The number of hydrogen-bond acceptors (Lipinski definition) is 3. The van der Waals surface area contributed by atoms with Gasteiger partial charge in [-0.3, -0.25) is 9.89 Å². The van der Waals surface area contributed by atoms with Crippen LogP contribution < -0.4 is 5.32 Å². The lowest BCUT2D eigenvalue weighted by atomic mass is 10.3. The standard InChI is InChI=1S/C17H34N4O.HI/c1-14(2)21(16-7-8-16)10-9-19-17(18-3)20(4)11-12-22-13-15-5-6-15;/h14-16H,5-13H2,1-4H3,(H,18,19);1H. The molecule has 2 rings (SSSR count). The van der Waals surface area contributed by atoms with E-state index in [9.17, 15) is 0 Å². The first kappa shape index (κ1) is 21.0. The molecule has 0 aromatic carbocycles. The molecule has 23 heavy (non-hydrogen) atoms. The summed E-state index contributed by atoms with van der Waals surface area (Å²) in [4.78, 5) is 9.13. The molecule has 0 spiro atoms. The van der Waals surface area contributed by atoms with Crippen LogP contribution in [0.5, 0.6) is 0 Å². The van der Waals surface area contributed by atoms with Crippen molar-refractivity contribution in [1.82, 2.24) is 15.1 Å². The molecule has 2 aliphatic carbocycles. The van der Waals surface area contributed by atoms with Crippen LogP contribution in [0.2, 0.25) is 0 Å². The van der Waals surface area contributed by atoms with E-state index in [1.165, 1.54) is 25.7 Å². The first-order valence-electron chi connectivity index (χ1n) is 8.87. The van der Waals surface area contributed by atoms with Crippen molar-refractivity contribution in [3.63, 3.8) is 0 Å². The van der Waals surface area contributed by atoms with E-state index in [-0.39, 0.29) is 24.0 Å². The summed E-state index contributed by atoms with van der Waals surface area (Å²) < 4.78 is 5.70. The van der Waals surface area contributed by atoms with E-state index >= 15 is 0 Å². The second kappa shape index (κ2) is 10.7. The van der Waals surface area contributed by atoms with Crippen LogP contribution in [0.15, 0.2) is 4.99 Å². The number of guanidine groups is 1. The van der Waals surface area contributed by atoms with Crippen LogP contribution >= 0.6 is 24.0 Å². The Bertz CT molecular complexity index is 355. The maximum atomic E-state index is 5.70. The molecule has 0 aromatic heterocycles. The van der Waals surface area contributed by atoms with Gasteiger partial charge in [-0.15, -0.1) is 24.0 Å². The SMILES string of the molecule is CN=C(NCCN(C(C)C)C1CC1)N(C)CCOCC1CC1.I. The molecule has 0 bridgehead atoms. The Kier molecular flexibility index (Phi) is 9.77. The molecule has 0 saturated heterocycles. The zero-order valence-electron chi connectivity index (χ0n) is 15.3. The molecule has 0 aromatic rings. The fourth-order valence-electron chi connectivity index (χ4n) is 2.79. The monoisotopic (exact) mass is 438 g/mol. The topological polar surface area (TPSA) is 40.1 Å². The number of likely N-dealkylation sites (N-methyl/N-ethyl adjacent to an activating group) is 1. The fraction of sp³-hybridized carbons (Fsp3) is 0.941. The van der Waals surface area contributed by atoms with Crippen molar-refractivity contribution in [2.45, 2.75) is 51.6 Å². The van der Waals surface area contributed by atoms with Gasteiger partial charge in [-0.25, -0.2) is 0 Å². The van der Waals surface area contributed by atoms with Gasteiger partial charge in [-0.2, -0.15) is 0 Å². The predicted octanol–water partition coefficient (Wildman–Crippen LogP) is 2.41. The number of ether oxygens (including phenoxy) is 1. The summed E-state index contributed by atoms with van der Waals surface area (Å²) in [5.41, 5.74) is 0. The maximum absolute atomic E-state index is 5.70. The molecule has 0 unspecified atom stereocenters. The third-order valence-corrected chi connectivity index (χ3v) is 4.53. The van der Waals surface area contributed by atoms with Gasteiger partial charge in [0.1, 0.15) is 0 Å². The second-order valence-corrected chi connectivity index (χ2v) is 6.98. The van der Waals surface area contributed by atoms with Gasteiger partial charge in [-0.1, -0.05) is 0 Å². The first-order chi connectivity index (χ1) is 10.6. The maximum Gasteiger partial charge on any atom is 0.193 e. The van der Waals surface area contributed by atoms with Gasteiger partial charge in [0.2, 0.25) is 0 Å². The normalized spacial score (nSPS) is 18.3. The lowest BCUT2D eigenvalue weighted by Crippen LogP contribution is -2.45.